The molecular formula is C19H15N4. The fourth-order valence-corrected chi connectivity index (χ4v) is 2.50. The van der Waals surface area contributed by atoms with Crippen LogP contribution in [0.4, 0.5) is 22.7 Å². The third-order valence-corrected chi connectivity index (χ3v) is 3.57. The number of hydrogen-bond acceptors (Lipinski definition) is 2. The van der Waals surface area contributed by atoms with Crippen molar-refractivity contribution >= 4 is 28.7 Å². The van der Waals surface area contributed by atoms with Gasteiger partial charge >= 0.3 is 0 Å². The van der Waals surface area contributed by atoms with E-state index in [1.165, 1.54) is 0 Å². The first-order valence-electron chi connectivity index (χ1n) is 7.46. The van der Waals surface area contributed by atoms with Crippen molar-refractivity contribution in [2.75, 3.05) is 5.01 Å². The van der Waals surface area contributed by atoms with Crippen molar-refractivity contribution in [3.8, 4) is 0 Å². The molecule has 0 saturated carbocycles. The van der Waals surface area contributed by atoms with Crippen LogP contribution in [0, 0.1) is 0 Å². The minimum atomic E-state index is 0.568. The number of guanidine groups is 1. The molecule has 111 valence electrons. The lowest BCUT2D eigenvalue weighted by Gasteiger charge is -2.32. The van der Waals surface area contributed by atoms with E-state index in [-0.39, 0.29) is 0 Å². The Balaban J connectivity index is 1.76. The lowest BCUT2D eigenvalue weighted by Crippen LogP contribution is -2.46. The molecule has 0 unspecified atom stereocenters. The van der Waals surface area contributed by atoms with Crippen LogP contribution in [0.25, 0.3) is 0 Å². The Morgan fingerprint density at radius 2 is 1.39 bits per heavy atom. The summed E-state index contributed by atoms with van der Waals surface area (Å²) >= 11 is 0. The largest absolute Gasteiger partial charge is 0.261 e. The summed E-state index contributed by atoms with van der Waals surface area (Å²) < 4.78 is 0. The Hall–Kier alpha value is -3.27. The van der Waals surface area contributed by atoms with Gasteiger partial charge in [-0.2, -0.15) is 0 Å². The molecule has 4 rings (SSSR count). The van der Waals surface area contributed by atoms with Crippen molar-refractivity contribution in [2.45, 2.75) is 0 Å². The number of anilines is 2. The van der Waals surface area contributed by atoms with Gasteiger partial charge in [-0.15, -0.1) is 0 Å². The number of nitrogens with zero attached hydrogens (tertiary/aromatic N) is 3. The molecule has 0 saturated heterocycles. The van der Waals surface area contributed by atoms with Crippen LogP contribution in [0.1, 0.15) is 0 Å². The van der Waals surface area contributed by atoms with E-state index in [4.69, 9.17) is 0 Å². The first-order valence-corrected chi connectivity index (χ1v) is 7.46. The average Bonchev–Trinajstić information content (AvgIpc) is 2.63. The number of hydrazine groups is 1. The van der Waals surface area contributed by atoms with E-state index in [1.807, 2.05) is 77.8 Å². The Morgan fingerprint density at radius 3 is 2.17 bits per heavy atom. The quantitative estimate of drug-likeness (QED) is 0.768. The van der Waals surface area contributed by atoms with Crippen molar-refractivity contribution in [3.63, 3.8) is 0 Å². The van der Waals surface area contributed by atoms with Gasteiger partial charge in [0.2, 0.25) is 5.96 Å². The standard InChI is InChI=1S/C19H15N4/c1-3-9-15(10-4-1)20-19-21-17-13-7-8-14-18(17)23(22-19)16-11-5-2-6-12-16/h1-14H,(H,20,22). The zero-order chi connectivity index (χ0) is 15.5. The number of aliphatic imine (C=N–C) groups is 1. The molecule has 4 heteroatoms. The topological polar surface area (TPSA) is 41.7 Å². The lowest BCUT2D eigenvalue weighted by molar-refractivity contribution is 0.862. The summed E-state index contributed by atoms with van der Waals surface area (Å²) in [7, 11) is 0. The SMILES string of the molecule is c1ccc(N=C2[N]c3ccccc3N(c3ccccc3)N2)cc1. The number of fused-ring (bicyclic) bond motifs is 1. The molecule has 0 bridgehead atoms. The summed E-state index contributed by atoms with van der Waals surface area (Å²) in [6.45, 7) is 0. The van der Waals surface area contributed by atoms with E-state index in [1.54, 1.807) is 0 Å². The van der Waals surface area contributed by atoms with E-state index in [2.05, 4.69) is 27.9 Å². The summed E-state index contributed by atoms with van der Waals surface area (Å²) in [6, 6.07) is 28.0. The van der Waals surface area contributed by atoms with Crippen LogP contribution in [-0.2, 0) is 0 Å². The highest BCUT2D eigenvalue weighted by Crippen LogP contribution is 2.33. The van der Waals surface area contributed by atoms with Gasteiger partial charge in [-0.3, -0.25) is 10.4 Å². The van der Waals surface area contributed by atoms with Gasteiger partial charge in [-0.25, -0.2) is 10.3 Å². The van der Waals surface area contributed by atoms with E-state index in [0.29, 0.717) is 5.96 Å². The summed E-state index contributed by atoms with van der Waals surface area (Å²) in [5, 5.41) is 6.62. The molecule has 0 atom stereocenters. The molecule has 0 spiro atoms. The highest BCUT2D eigenvalue weighted by Gasteiger charge is 2.22. The van der Waals surface area contributed by atoms with Crippen LogP contribution < -0.4 is 15.8 Å². The molecule has 0 aliphatic carbocycles. The summed E-state index contributed by atoms with van der Waals surface area (Å²) in [5.74, 6) is 0.568. The van der Waals surface area contributed by atoms with Gasteiger partial charge in [0, 0.05) is 0 Å². The van der Waals surface area contributed by atoms with Crippen LogP contribution in [0.15, 0.2) is 89.9 Å². The normalized spacial score (nSPS) is 14.8. The smallest absolute Gasteiger partial charge is 0.243 e. The van der Waals surface area contributed by atoms with Crippen LogP contribution in [-0.4, -0.2) is 5.96 Å². The van der Waals surface area contributed by atoms with E-state index >= 15 is 0 Å². The van der Waals surface area contributed by atoms with E-state index in [9.17, 15) is 0 Å². The molecule has 0 amide bonds. The molecule has 23 heavy (non-hydrogen) atoms. The first-order chi connectivity index (χ1) is 11.4. The molecule has 0 aromatic heterocycles. The van der Waals surface area contributed by atoms with Gasteiger partial charge in [-0.1, -0.05) is 48.5 Å². The molecule has 4 nitrogen and oxygen atoms in total. The third kappa shape index (κ3) is 2.74. The van der Waals surface area contributed by atoms with Crippen LogP contribution >= 0.6 is 0 Å². The number of nitrogens with one attached hydrogen (secondary N) is 1. The third-order valence-electron chi connectivity index (χ3n) is 3.57. The van der Waals surface area contributed by atoms with Crippen LogP contribution in [0.5, 0.6) is 0 Å². The van der Waals surface area contributed by atoms with Gasteiger partial charge in [0.1, 0.15) is 0 Å². The maximum Gasteiger partial charge on any atom is 0.243 e. The van der Waals surface area contributed by atoms with Crippen molar-refractivity contribution in [1.29, 1.82) is 0 Å². The monoisotopic (exact) mass is 299 g/mol. The minimum absolute atomic E-state index is 0.568. The van der Waals surface area contributed by atoms with Gasteiger partial charge in [0.05, 0.1) is 22.7 Å². The number of hydrogen-bond donors (Lipinski definition) is 1. The van der Waals surface area contributed by atoms with Crippen molar-refractivity contribution in [2.24, 2.45) is 4.99 Å². The highest BCUT2D eigenvalue weighted by molar-refractivity contribution is 5.95. The van der Waals surface area contributed by atoms with Crippen molar-refractivity contribution in [3.05, 3.63) is 84.9 Å². The summed E-state index contributed by atoms with van der Waals surface area (Å²) in [5.41, 5.74) is 7.09. The van der Waals surface area contributed by atoms with Crippen molar-refractivity contribution in [1.82, 2.24) is 10.7 Å². The number of para-hydroxylation sites is 4. The van der Waals surface area contributed by atoms with Gasteiger partial charge in [0.25, 0.3) is 0 Å². The lowest BCUT2D eigenvalue weighted by atomic mass is 10.2. The fraction of sp³-hybridized carbons (Fsp3) is 0. The second kappa shape index (κ2) is 5.85. The molecule has 3 aromatic carbocycles. The van der Waals surface area contributed by atoms with Gasteiger partial charge in [-0.05, 0) is 36.4 Å². The Morgan fingerprint density at radius 1 is 0.739 bits per heavy atom. The predicted octanol–water partition coefficient (Wildman–Crippen LogP) is 4.27. The second-order valence-electron chi connectivity index (χ2n) is 5.15. The molecule has 3 aromatic rings. The Bertz CT molecular complexity index is 828. The molecule has 1 radical (unpaired) electrons. The number of rotatable bonds is 2. The maximum atomic E-state index is 4.61. The number of benzene rings is 3. The van der Waals surface area contributed by atoms with E-state index in [0.717, 1.165) is 22.7 Å². The zero-order valence-corrected chi connectivity index (χ0v) is 12.4. The molecular weight excluding hydrogens is 284 g/mol. The molecule has 1 aliphatic heterocycles. The predicted molar refractivity (Wildman–Crippen MR) is 93.5 cm³/mol. The second-order valence-corrected chi connectivity index (χ2v) is 5.15. The molecule has 1 heterocycles. The highest BCUT2D eigenvalue weighted by atomic mass is 15.6. The Kier molecular flexibility index (Phi) is 3.41. The fourth-order valence-electron chi connectivity index (χ4n) is 2.50. The average molecular weight is 299 g/mol. The molecule has 0 fully saturated rings. The maximum absolute atomic E-state index is 4.61. The summed E-state index contributed by atoms with van der Waals surface area (Å²) in [6.07, 6.45) is 0. The summed E-state index contributed by atoms with van der Waals surface area (Å²) in [4.78, 5) is 4.59. The van der Waals surface area contributed by atoms with Crippen LogP contribution in [0.2, 0.25) is 0 Å². The van der Waals surface area contributed by atoms with Gasteiger partial charge < -0.3 is 0 Å². The van der Waals surface area contributed by atoms with Gasteiger partial charge in [0.15, 0.2) is 0 Å². The molecule has 1 N–H and O–H groups in total. The minimum Gasteiger partial charge on any atom is -0.261 e. The first kappa shape index (κ1) is 13.4. The zero-order valence-electron chi connectivity index (χ0n) is 12.4. The molecule has 1 aliphatic rings. The van der Waals surface area contributed by atoms with E-state index < -0.39 is 0 Å². The van der Waals surface area contributed by atoms with Crippen LogP contribution in [0.3, 0.4) is 0 Å². The van der Waals surface area contributed by atoms with Crippen molar-refractivity contribution < 1.29 is 0 Å². The Labute approximate surface area is 135 Å².